The van der Waals surface area contributed by atoms with E-state index in [0.29, 0.717) is 12.5 Å². The van der Waals surface area contributed by atoms with Gasteiger partial charge in [0.25, 0.3) is 0 Å². The van der Waals surface area contributed by atoms with Crippen LogP contribution in [0, 0.1) is 5.92 Å². The summed E-state index contributed by atoms with van der Waals surface area (Å²) in [4.78, 5) is 9.42. The summed E-state index contributed by atoms with van der Waals surface area (Å²) >= 11 is 0. The van der Waals surface area contributed by atoms with Crippen molar-refractivity contribution >= 4 is 7.82 Å². The van der Waals surface area contributed by atoms with E-state index in [-0.39, 0.29) is 6.61 Å². The van der Waals surface area contributed by atoms with Crippen LogP contribution in [0.5, 0.6) is 0 Å². The van der Waals surface area contributed by atoms with Crippen LogP contribution in [0.2, 0.25) is 0 Å². The van der Waals surface area contributed by atoms with E-state index in [0.717, 1.165) is 38.5 Å². The predicted octanol–water partition coefficient (Wildman–Crippen LogP) is 4.14. The molecule has 4 nitrogen and oxygen atoms in total. The van der Waals surface area contributed by atoms with Crippen LogP contribution in [-0.2, 0) is 13.6 Å². The van der Waals surface area contributed by atoms with Crippen molar-refractivity contribution in [2.75, 3.05) is 13.2 Å². The first-order chi connectivity index (χ1) is 8.05. The molecule has 104 valence electrons. The van der Waals surface area contributed by atoms with Crippen LogP contribution in [0.1, 0.15) is 59.3 Å². The average molecular weight is 266 g/mol. The van der Waals surface area contributed by atoms with Crippen molar-refractivity contribution in [1.29, 1.82) is 0 Å². The van der Waals surface area contributed by atoms with Gasteiger partial charge in [0.05, 0.1) is 13.2 Å². The highest BCUT2D eigenvalue weighted by molar-refractivity contribution is 7.47. The second-order valence-corrected chi connectivity index (χ2v) is 5.82. The third-order valence-corrected chi connectivity index (χ3v) is 3.75. The van der Waals surface area contributed by atoms with Gasteiger partial charge in [0.15, 0.2) is 0 Å². The standard InChI is InChI=1S/C12H27O4P/c1-4-7-9-12(6-3)11-16-17(13,14)15-10-8-5-2/h12H,4-11H2,1-3H3,(H,13,14). The van der Waals surface area contributed by atoms with Crippen LogP contribution >= 0.6 is 7.82 Å². The fourth-order valence-electron chi connectivity index (χ4n) is 1.46. The molecule has 0 radical (unpaired) electrons. The van der Waals surface area contributed by atoms with Crippen molar-refractivity contribution in [2.45, 2.75) is 59.3 Å². The zero-order valence-corrected chi connectivity index (χ0v) is 12.2. The van der Waals surface area contributed by atoms with E-state index >= 15 is 0 Å². The molecule has 2 atom stereocenters. The van der Waals surface area contributed by atoms with Crippen LogP contribution in [0.3, 0.4) is 0 Å². The molecule has 0 heterocycles. The maximum Gasteiger partial charge on any atom is 0.472 e. The molecule has 0 amide bonds. The van der Waals surface area contributed by atoms with Gasteiger partial charge in [-0.15, -0.1) is 0 Å². The van der Waals surface area contributed by atoms with E-state index in [2.05, 4.69) is 13.8 Å². The molecule has 0 aliphatic heterocycles. The Kier molecular flexibility index (Phi) is 10.1. The average Bonchev–Trinajstić information content (AvgIpc) is 2.29. The number of phosphoric ester groups is 1. The molecular weight excluding hydrogens is 239 g/mol. The molecular formula is C12H27O4P. The molecule has 0 aliphatic rings. The maximum absolute atomic E-state index is 11.5. The van der Waals surface area contributed by atoms with E-state index in [1.54, 1.807) is 0 Å². The molecule has 2 unspecified atom stereocenters. The second kappa shape index (κ2) is 10.1. The lowest BCUT2D eigenvalue weighted by Crippen LogP contribution is -2.09. The van der Waals surface area contributed by atoms with Crippen LogP contribution < -0.4 is 0 Å². The Labute approximate surface area is 105 Å². The highest BCUT2D eigenvalue weighted by Crippen LogP contribution is 2.44. The minimum atomic E-state index is -3.82. The largest absolute Gasteiger partial charge is 0.472 e. The number of hydrogen-bond acceptors (Lipinski definition) is 3. The van der Waals surface area contributed by atoms with Gasteiger partial charge in [0, 0.05) is 0 Å². The van der Waals surface area contributed by atoms with Crippen molar-refractivity contribution < 1.29 is 18.5 Å². The summed E-state index contributed by atoms with van der Waals surface area (Å²) in [6, 6.07) is 0. The fourth-order valence-corrected chi connectivity index (χ4v) is 2.29. The predicted molar refractivity (Wildman–Crippen MR) is 69.9 cm³/mol. The van der Waals surface area contributed by atoms with Crippen LogP contribution in [0.15, 0.2) is 0 Å². The van der Waals surface area contributed by atoms with Crippen molar-refractivity contribution in [2.24, 2.45) is 5.92 Å². The van der Waals surface area contributed by atoms with Crippen molar-refractivity contribution in [3.8, 4) is 0 Å². The summed E-state index contributed by atoms with van der Waals surface area (Å²) in [7, 11) is -3.82. The fraction of sp³-hybridized carbons (Fsp3) is 1.00. The minimum Gasteiger partial charge on any atom is -0.302 e. The molecule has 0 saturated carbocycles. The quantitative estimate of drug-likeness (QED) is 0.451. The van der Waals surface area contributed by atoms with Gasteiger partial charge in [-0.2, -0.15) is 0 Å². The normalized spacial score (nSPS) is 16.7. The van der Waals surface area contributed by atoms with E-state index < -0.39 is 7.82 Å². The Morgan fingerprint density at radius 1 is 1.12 bits per heavy atom. The van der Waals surface area contributed by atoms with Gasteiger partial charge in [0.1, 0.15) is 0 Å². The van der Waals surface area contributed by atoms with Crippen molar-refractivity contribution in [3.63, 3.8) is 0 Å². The minimum absolute atomic E-state index is 0.288. The number of unbranched alkanes of at least 4 members (excludes halogenated alkanes) is 2. The molecule has 0 spiro atoms. The van der Waals surface area contributed by atoms with Crippen molar-refractivity contribution in [1.82, 2.24) is 0 Å². The van der Waals surface area contributed by atoms with Crippen LogP contribution in [0.25, 0.3) is 0 Å². The summed E-state index contributed by atoms with van der Waals surface area (Å²) < 4.78 is 21.4. The first-order valence-electron chi connectivity index (χ1n) is 6.67. The molecule has 0 aromatic heterocycles. The Bertz CT molecular complexity index is 221. The Morgan fingerprint density at radius 2 is 1.76 bits per heavy atom. The molecule has 0 bridgehead atoms. The maximum atomic E-state index is 11.5. The smallest absolute Gasteiger partial charge is 0.302 e. The number of rotatable bonds is 11. The molecule has 1 N–H and O–H groups in total. The van der Waals surface area contributed by atoms with Gasteiger partial charge in [-0.25, -0.2) is 4.57 Å². The summed E-state index contributed by atoms with van der Waals surface area (Å²) in [6.07, 6.45) is 6.00. The lowest BCUT2D eigenvalue weighted by molar-refractivity contribution is 0.126. The lowest BCUT2D eigenvalue weighted by Gasteiger charge is -2.17. The molecule has 0 fully saturated rings. The van der Waals surface area contributed by atoms with Gasteiger partial charge in [-0.05, 0) is 18.8 Å². The van der Waals surface area contributed by atoms with Crippen LogP contribution in [0.4, 0.5) is 0 Å². The molecule has 0 saturated heterocycles. The summed E-state index contributed by atoms with van der Waals surface area (Å²) in [5.41, 5.74) is 0. The zero-order chi connectivity index (χ0) is 13.1. The van der Waals surface area contributed by atoms with Gasteiger partial charge in [-0.3, -0.25) is 9.05 Å². The molecule has 0 aromatic carbocycles. The summed E-state index contributed by atoms with van der Waals surface area (Å²) in [6.45, 7) is 6.82. The van der Waals surface area contributed by atoms with E-state index in [1.807, 2.05) is 6.92 Å². The molecule has 0 aliphatic carbocycles. The Morgan fingerprint density at radius 3 is 2.29 bits per heavy atom. The molecule has 17 heavy (non-hydrogen) atoms. The Hall–Kier alpha value is 0.110. The van der Waals surface area contributed by atoms with E-state index in [9.17, 15) is 9.46 Å². The summed E-state index contributed by atoms with van der Waals surface area (Å²) in [5.74, 6) is 0.352. The van der Waals surface area contributed by atoms with Gasteiger partial charge < -0.3 is 4.89 Å². The van der Waals surface area contributed by atoms with Crippen LogP contribution in [-0.4, -0.2) is 18.1 Å². The lowest BCUT2D eigenvalue weighted by atomic mass is 10.0. The van der Waals surface area contributed by atoms with E-state index in [1.165, 1.54) is 0 Å². The highest BCUT2D eigenvalue weighted by Gasteiger charge is 2.22. The molecule has 5 heteroatoms. The Balaban J connectivity index is 3.84. The van der Waals surface area contributed by atoms with Gasteiger partial charge in [-0.1, -0.05) is 46.5 Å². The van der Waals surface area contributed by atoms with Gasteiger partial charge >= 0.3 is 7.82 Å². The zero-order valence-electron chi connectivity index (χ0n) is 11.4. The molecule has 0 rings (SSSR count). The number of phosphoric acid groups is 1. The van der Waals surface area contributed by atoms with Gasteiger partial charge in [0.2, 0.25) is 0 Å². The number of hydrogen-bond donors (Lipinski definition) is 1. The van der Waals surface area contributed by atoms with E-state index in [4.69, 9.17) is 9.05 Å². The van der Waals surface area contributed by atoms with Crippen molar-refractivity contribution in [3.05, 3.63) is 0 Å². The highest BCUT2D eigenvalue weighted by atomic mass is 31.2. The first kappa shape index (κ1) is 17.1. The third kappa shape index (κ3) is 9.78. The second-order valence-electron chi connectivity index (χ2n) is 4.37. The topological polar surface area (TPSA) is 55.8 Å². The monoisotopic (exact) mass is 266 g/mol. The SMILES string of the molecule is CCCCOP(=O)(O)OCC(CC)CCCC. The molecule has 0 aromatic rings. The third-order valence-electron chi connectivity index (χ3n) is 2.77. The summed E-state index contributed by atoms with van der Waals surface area (Å²) in [5, 5.41) is 0. The first-order valence-corrected chi connectivity index (χ1v) is 8.17.